The van der Waals surface area contributed by atoms with Crippen molar-refractivity contribution in [2.75, 3.05) is 39.3 Å². The minimum absolute atomic E-state index is 0.821. The molecule has 1 aliphatic heterocycles. The molecule has 0 atom stereocenters. The summed E-state index contributed by atoms with van der Waals surface area (Å²) in [5.74, 6) is 0. The summed E-state index contributed by atoms with van der Waals surface area (Å²) >= 11 is 0. The molecule has 0 unspecified atom stereocenters. The van der Waals surface area contributed by atoms with Crippen molar-refractivity contribution in [3.63, 3.8) is 0 Å². The Balaban J connectivity index is 1.67. The lowest BCUT2D eigenvalue weighted by atomic mass is 10.2. The van der Waals surface area contributed by atoms with Crippen molar-refractivity contribution in [3.8, 4) is 0 Å². The van der Waals surface area contributed by atoms with Gasteiger partial charge >= 0.3 is 0 Å². The van der Waals surface area contributed by atoms with Crippen LogP contribution in [-0.2, 0) is 6.54 Å². The highest BCUT2D eigenvalue weighted by molar-refractivity contribution is 5.09. The van der Waals surface area contributed by atoms with Gasteiger partial charge in [0.05, 0.1) is 0 Å². The average Bonchev–Trinajstić information content (AvgIpc) is 2.42. The Morgan fingerprint density at radius 3 is 2.33 bits per heavy atom. The van der Waals surface area contributed by atoms with Gasteiger partial charge in [-0.3, -0.25) is 9.88 Å². The van der Waals surface area contributed by atoms with E-state index in [2.05, 4.69) is 26.9 Å². The molecule has 0 aromatic carbocycles. The Hall–Kier alpha value is -0.970. The van der Waals surface area contributed by atoms with Crippen molar-refractivity contribution in [2.24, 2.45) is 5.73 Å². The fourth-order valence-electron chi connectivity index (χ4n) is 2.40. The molecule has 1 aromatic rings. The van der Waals surface area contributed by atoms with Crippen molar-refractivity contribution >= 4 is 0 Å². The number of aromatic nitrogens is 1. The predicted octanol–water partition coefficient (Wildman–Crippen LogP) is 0.938. The normalized spacial score (nSPS) is 18.1. The number of hydrogen-bond acceptors (Lipinski definition) is 4. The molecule has 1 aliphatic rings. The van der Waals surface area contributed by atoms with E-state index in [1.165, 1.54) is 44.7 Å². The maximum Gasteiger partial charge on any atom is 0.0271 e. The van der Waals surface area contributed by atoms with Gasteiger partial charge in [-0.2, -0.15) is 0 Å². The van der Waals surface area contributed by atoms with E-state index in [-0.39, 0.29) is 0 Å². The van der Waals surface area contributed by atoms with Crippen LogP contribution in [0.15, 0.2) is 24.5 Å². The second kappa shape index (κ2) is 7.46. The molecule has 0 bridgehead atoms. The van der Waals surface area contributed by atoms with E-state index in [0.717, 1.165) is 19.5 Å². The Morgan fingerprint density at radius 1 is 1.00 bits per heavy atom. The summed E-state index contributed by atoms with van der Waals surface area (Å²) in [6.45, 7) is 7.81. The zero-order chi connectivity index (χ0) is 12.6. The van der Waals surface area contributed by atoms with Gasteiger partial charge in [0.15, 0.2) is 0 Å². The number of piperazine rings is 1. The van der Waals surface area contributed by atoms with Crippen molar-refractivity contribution in [3.05, 3.63) is 30.1 Å². The molecule has 0 saturated carbocycles. The topological polar surface area (TPSA) is 45.4 Å². The fraction of sp³-hybridized carbons (Fsp3) is 0.643. The molecule has 1 fully saturated rings. The van der Waals surface area contributed by atoms with E-state index < -0.39 is 0 Å². The summed E-state index contributed by atoms with van der Waals surface area (Å²) in [5.41, 5.74) is 6.88. The largest absolute Gasteiger partial charge is 0.330 e. The summed E-state index contributed by atoms with van der Waals surface area (Å²) in [4.78, 5) is 9.13. The van der Waals surface area contributed by atoms with E-state index in [9.17, 15) is 0 Å². The maximum atomic E-state index is 5.52. The molecule has 100 valence electrons. The van der Waals surface area contributed by atoms with Crippen molar-refractivity contribution in [1.82, 2.24) is 14.8 Å². The van der Waals surface area contributed by atoms with Crippen LogP contribution >= 0.6 is 0 Å². The first-order chi connectivity index (χ1) is 8.88. The molecule has 0 radical (unpaired) electrons. The first-order valence-electron chi connectivity index (χ1n) is 6.92. The molecule has 0 aliphatic carbocycles. The van der Waals surface area contributed by atoms with Crippen LogP contribution in [0.2, 0.25) is 0 Å². The zero-order valence-corrected chi connectivity index (χ0v) is 11.1. The third kappa shape index (κ3) is 4.37. The molecular weight excluding hydrogens is 224 g/mol. The Morgan fingerprint density at radius 2 is 1.67 bits per heavy atom. The van der Waals surface area contributed by atoms with Gasteiger partial charge in [0.25, 0.3) is 0 Å². The third-order valence-electron chi connectivity index (χ3n) is 3.55. The van der Waals surface area contributed by atoms with Gasteiger partial charge in [0.1, 0.15) is 0 Å². The molecule has 0 amide bonds. The predicted molar refractivity (Wildman–Crippen MR) is 74.2 cm³/mol. The smallest absolute Gasteiger partial charge is 0.0271 e. The summed E-state index contributed by atoms with van der Waals surface area (Å²) in [7, 11) is 0. The van der Waals surface area contributed by atoms with Crippen LogP contribution in [0.4, 0.5) is 0 Å². The Bertz CT molecular complexity index is 320. The van der Waals surface area contributed by atoms with Gasteiger partial charge in [-0.15, -0.1) is 0 Å². The average molecular weight is 248 g/mol. The zero-order valence-electron chi connectivity index (χ0n) is 11.1. The van der Waals surface area contributed by atoms with Crippen molar-refractivity contribution in [2.45, 2.75) is 19.4 Å². The van der Waals surface area contributed by atoms with Crippen LogP contribution in [0, 0.1) is 0 Å². The SMILES string of the molecule is NCCCCN1CCN(Cc2ccncc2)CC1. The highest BCUT2D eigenvalue weighted by atomic mass is 15.3. The second-order valence-corrected chi connectivity index (χ2v) is 4.97. The van der Waals surface area contributed by atoms with Gasteiger partial charge in [-0.25, -0.2) is 0 Å². The lowest BCUT2D eigenvalue weighted by molar-refractivity contribution is 0.126. The molecular formula is C14H24N4. The monoisotopic (exact) mass is 248 g/mol. The number of pyridine rings is 1. The highest BCUT2D eigenvalue weighted by Crippen LogP contribution is 2.08. The summed E-state index contributed by atoms with van der Waals surface area (Å²) in [6, 6.07) is 4.21. The molecule has 2 rings (SSSR count). The lowest BCUT2D eigenvalue weighted by Gasteiger charge is -2.34. The molecule has 1 saturated heterocycles. The first-order valence-corrected chi connectivity index (χ1v) is 6.92. The van der Waals surface area contributed by atoms with Crippen LogP contribution in [0.25, 0.3) is 0 Å². The second-order valence-electron chi connectivity index (χ2n) is 4.97. The van der Waals surface area contributed by atoms with E-state index in [0.29, 0.717) is 0 Å². The number of nitrogens with zero attached hydrogens (tertiary/aromatic N) is 3. The van der Waals surface area contributed by atoms with Gasteiger partial charge in [0, 0.05) is 45.1 Å². The van der Waals surface area contributed by atoms with Gasteiger partial charge in [-0.1, -0.05) is 0 Å². The van der Waals surface area contributed by atoms with Gasteiger partial charge < -0.3 is 10.6 Å². The van der Waals surface area contributed by atoms with Crippen LogP contribution in [-0.4, -0.2) is 54.1 Å². The number of nitrogens with two attached hydrogens (primary N) is 1. The minimum Gasteiger partial charge on any atom is -0.330 e. The van der Waals surface area contributed by atoms with E-state index in [4.69, 9.17) is 5.73 Å². The molecule has 4 nitrogen and oxygen atoms in total. The summed E-state index contributed by atoms with van der Waals surface area (Å²) < 4.78 is 0. The van der Waals surface area contributed by atoms with E-state index >= 15 is 0 Å². The van der Waals surface area contributed by atoms with E-state index in [1.54, 1.807) is 0 Å². The van der Waals surface area contributed by atoms with Gasteiger partial charge in [-0.05, 0) is 43.6 Å². The highest BCUT2D eigenvalue weighted by Gasteiger charge is 2.16. The molecule has 18 heavy (non-hydrogen) atoms. The molecule has 0 spiro atoms. The molecule has 2 N–H and O–H groups in total. The van der Waals surface area contributed by atoms with E-state index in [1.807, 2.05) is 12.4 Å². The number of hydrogen-bond donors (Lipinski definition) is 1. The first kappa shape index (κ1) is 13.5. The number of rotatable bonds is 6. The van der Waals surface area contributed by atoms with Crippen molar-refractivity contribution in [1.29, 1.82) is 0 Å². The molecule has 2 heterocycles. The molecule has 1 aromatic heterocycles. The Labute approximate surface area is 110 Å². The minimum atomic E-state index is 0.821. The van der Waals surface area contributed by atoms with Gasteiger partial charge in [0.2, 0.25) is 0 Å². The Kier molecular flexibility index (Phi) is 5.58. The maximum absolute atomic E-state index is 5.52. The number of unbranched alkanes of at least 4 members (excludes halogenated alkanes) is 1. The lowest BCUT2D eigenvalue weighted by Crippen LogP contribution is -2.46. The van der Waals surface area contributed by atoms with Crippen molar-refractivity contribution < 1.29 is 0 Å². The summed E-state index contributed by atoms with van der Waals surface area (Å²) in [6.07, 6.45) is 6.13. The standard InChI is InChI=1S/C14H24N4/c15-5-1-2-8-17-9-11-18(12-10-17)13-14-3-6-16-7-4-14/h3-4,6-7H,1-2,5,8-13,15H2. The molecule has 4 heteroatoms. The quantitative estimate of drug-likeness (QED) is 0.761. The van der Waals surface area contributed by atoms with Crippen LogP contribution in [0.3, 0.4) is 0 Å². The van der Waals surface area contributed by atoms with Crippen LogP contribution < -0.4 is 5.73 Å². The van der Waals surface area contributed by atoms with Crippen LogP contribution in [0.5, 0.6) is 0 Å². The third-order valence-corrected chi connectivity index (χ3v) is 3.55. The summed E-state index contributed by atoms with van der Waals surface area (Å²) in [5, 5.41) is 0. The fourth-order valence-corrected chi connectivity index (χ4v) is 2.40. The van der Waals surface area contributed by atoms with Crippen LogP contribution in [0.1, 0.15) is 18.4 Å².